The monoisotopic (exact) mass is 582 g/mol. The number of benzene rings is 8. The van der Waals surface area contributed by atoms with Crippen molar-refractivity contribution in [2.24, 2.45) is 0 Å². The highest BCUT2D eigenvalue weighted by Gasteiger charge is 2.24. The van der Waals surface area contributed by atoms with Gasteiger partial charge in [0.2, 0.25) is 0 Å². The molecule has 0 saturated heterocycles. The first-order chi connectivity index (χ1) is 26.5. The van der Waals surface area contributed by atoms with Crippen molar-refractivity contribution in [2.45, 2.75) is 0 Å². The van der Waals surface area contributed by atoms with E-state index in [0.717, 1.165) is 0 Å². The van der Waals surface area contributed by atoms with Crippen molar-refractivity contribution in [3.8, 4) is 44.5 Å². The highest BCUT2D eigenvalue weighted by molar-refractivity contribution is 6.28. The summed E-state index contributed by atoms with van der Waals surface area (Å²) in [5, 5.41) is 3.00. The van der Waals surface area contributed by atoms with Gasteiger partial charge in [0.1, 0.15) is 11.2 Å². The molecule has 0 spiro atoms. The molecule has 8 aromatic carbocycles. The third-order valence-corrected chi connectivity index (χ3v) is 8.38. The second-order valence-electron chi connectivity index (χ2n) is 10.8. The predicted molar refractivity (Wildman–Crippen MR) is 190 cm³/mol. The lowest BCUT2D eigenvalue weighted by Crippen LogP contribution is -1.94. The summed E-state index contributed by atoms with van der Waals surface area (Å²) in [6, 6.07) is 30.3. The lowest BCUT2D eigenvalue weighted by Gasteiger charge is -2.21. The molecule has 0 unspecified atom stereocenters. The van der Waals surface area contributed by atoms with E-state index in [9.17, 15) is 4.11 Å². The van der Waals surface area contributed by atoms with E-state index in [2.05, 4.69) is 0 Å². The van der Waals surface area contributed by atoms with E-state index in [0.29, 0.717) is 66.1 Å². The molecule has 45 heavy (non-hydrogen) atoms. The molecular formula is C44H28O. The summed E-state index contributed by atoms with van der Waals surface area (Å²) in [6.07, 6.45) is 0. The van der Waals surface area contributed by atoms with Crippen molar-refractivity contribution >= 4 is 43.5 Å². The molecule has 1 heteroatoms. The normalized spacial score (nSPS) is 14.7. The smallest absolute Gasteiger partial charge is 0.136 e. The molecule has 0 aliphatic heterocycles. The minimum absolute atomic E-state index is 0.0394. The van der Waals surface area contributed by atoms with Gasteiger partial charge in [-0.1, -0.05) is 158 Å². The zero-order valence-electron chi connectivity index (χ0n) is 33.8. The number of rotatable bonds is 4. The Balaban J connectivity index is 1.57. The fourth-order valence-corrected chi connectivity index (χ4v) is 6.51. The molecule has 9 aromatic rings. The molecule has 9 rings (SSSR count). The predicted octanol–water partition coefficient (Wildman–Crippen LogP) is 12.6. The van der Waals surface area contributed by atoms with Gasteiger partial charge in [0.25, 0.3) is 0 Å². The van der Waals surface area contributed by atoms with Crippen molar-refractivity contribution in [2.75, 3.05) is 0 Å². The van der Waals surface area contributed by atoms with Crippen molar-refractivity contribution < 1.29 is 18.1 Å². The first-order valence-electron chi connectivity index (χ1n) is 19.6. The zero-order chi connectivity index (χ0) is 38.4. The Bertz CT molecular complexity index is 3030. The van der Waals surface area contributed by atoms with Crippen LogP contribution in [0.3, 0.4) is 0 Å². The molecule has 0 N–H and O–H groups in total. The Morgan fingerprint density at radius 2 is 0.867 bits per heavy atom. The average Bonchev–Trinajstić information content (AvgIpc) is 3.62. The van der Waals surface area contributed by atoms with Crippen LogP contribution in [0, 0.1) is 0 Å². The number of furan rings is 1. The second kappa shape index (κ2) is 10.4. The topological polar surface area (TPSA) is 13.1 Å². The van der Waals surface area contributed by atoms with E-state index >= 15 is 0 Å². The van der Waals surface area contributed by atoms with Gasteiger partial charge >= 0.3 is 0 Å². The molecule has 0 radical (unpaired) electrons. The van der Waals surface area contributed by atoms with Crippen LogP contribution in [0.1, 0.15) is 13.7 Å². The lowest BCUT2D eigenvalue weighted by atomic mass is 9.81. The van der Waals surface area contributed by atoms with E-state index in [1.807, 2.05) is 109 Å². The number of para-hydroxylation sites is 1. The van der Waals surface area contributed by atoms with Crippen LogP contribution in [0.5, 0.6) is 0 Å². The standard InChI is InChI=1S/C44H28O/c1-3-15-29(16-4-1)31-19-7-8-20-33(31)41-34-21-9-11-23-36(34)42(37-24-12-10-22-35(37)41)44-32(30-17-5-2-6-18-30)27-28-40-43(44)38-25-13-14-26-39(38)45-40/h1-28H/i7D,8D,13D,14D,19D,20D,25D,26D,27D,28D. The van der Waals surface area contributed by atoms with E-state index < -0.39 is 12.1 Å². The molecular weight excluding hydrogens is 544 g/mol. The highest BCUT2D eigenvalue weighted by Crippen LogP contribution is 2.50. The molecule has 1 heterocycles. The van der Waals surface area contributed by atoms with Crippen molar-refractivity contribution in [1.29, 1.82) is 0 Å². The van der Waals surface area contributed by atoms with Gasteiger partial charge < -0.3 is 4.42 Å². The summed E-state index contributed by atoms with van der Waals surface area (Å²) >= 11 is 0. The second-order valence-corrected chi connectivity index (χ2v) is 10.8. The van der Waals surface area contributed by atoms with Gasteiger partial charge in [0.05, 0.1) is 13.7 Å². The SMILES string of the molecule is [2H]c1c([2H])c([2H])c(-c2c3ccccc3c(-c3c(-c4ccccc4)c([2H])c([2H])c4oc5c([2H])c([2H])c([2H])c([2H])c5c34)c3ccccc23)c(-c2ccccc2)c1[2H]. The maximum Gasteiger partial charge on any atom is 0.136 e. The first kappa shape index (κ1) is 17.4. The fourth-order valence-electron chi connectivity index (χ4n) is 6.51. The van der Waals surface area contributed by atoms with Crippen LogP contribution in [0.2, 0.25) is 0 Å². The molecule has 0 aliphatic carbocycles. The lowest BCUT2D eigenvalue weighted by molar-refractivity contribution is 0.669. The molecule has 0 aliphatic rings. The van der Waals surface area contributed by atoms with E-state index in [-0.39, 0.29) is 70.3 Å². The molecule has 0 saturated carbocycles. The maximum atomic E-state index is 9.48. The van der Waals surface area contributed by atoms with E-state index in [1.165, 1.54) is 0 Å². The highest BCUT2D eigenvalue weighted by atomic mass is 16.3. The molecule has 1 aromatic heterocycles. The third-order valence-electron chi connectivity index (χ3n) is 8.38. The Hall–Kier alpha value is -5.92. The van der Waals surface area contributed by atoms with Crippen LogP contribution < -0.4 is 0 Å². The van der Waals surface area contributed by atoms with Crippen LogP contribution >= 0.6 is 0 Å². The van der Waals surface area contributed by atoms with Crippen molar-refractivity contribution in [3.05, 3.63) is 170 Å². The van der Waals surface area contributed by atoms with Crippen LogP contribution in [0.4, 0.5) is 0 Å². The largest absolute Gasteiger partial charge is 0.456 e. The van der Waals surface area contributed by atoms with E-state index in [4.69, 9.17) is 14.0 Å². The third kappa shape index (κ3) is 4.02. The summed E-state index contributed by atoms with van der Waals surface area (Å²) in [5.41, 5.74) is 3.80. The summed E-state index contributed by atoms with van der Waals surface area (Å²) in [7, 11) is 0. The summed E-state index contributed by atoms with van der Waals surface area (Å²) in [6.45, 7) is 0. The Kier molecular flexibility index (Phi) is 4.01. The number of hydrogen-bond donors (Lipinski definition) is 0. The molecule has 210 valence electrons. The number of fused-ring (bicyclic) bond motifs is 5. The molecule has 1 nitrogen and oxygen atoms in total. The van der Waals surface area contributed by atoms with Crippen LogP contribution in [-0.2, 0) is 0 Å². The van der Waals surface area contributed by atoms with E-state index in [1.54, 1.807) is 0 Å². The average molecular weight is 583 g/mol. The minimum Gasteiger partial charge on any atom is -0.456 e. The molecule has 0 atom stereocenters. The van der Waals surface area contributed by atoms with Gasteiger partial charge in [0, 0.05) is 16.3 Å². The van der Waals surface area contributed by atoms with Crippen molar-refractivity contribution in [1.82, 2.24) is 0 Å². The van der Waals surface area contributed by atoms with Crippen LogP contribution in [0.25, 0.3) is 88.0 Å². The van der Waals surface area contributed by atoms with Crippen molar-refractivity contribution in [3.63, 3.8) is 0 Å². The molecule has 0 amide bonds. The van der Waals surface area contributed by atoms with Crippen LogP contribution in [0.15, 0.2) is 174 Å². The Labute approximate surface area is 275 Å². The summed E-state index contributed by atoms with van der Waals surface area (Å²) in [5.74, 6) is 0. The van der Waals surface area contributed by atoms with Gasteiger partial charge in [-0.05, 0) is 72.6 Å². The fraction of sp³-hybridized carbons (Fsp3) is 0. The number of hydrogen-bond acceptors (Lipinski definition) is 1. The Morgan fingerprint density at radius 3 is 1.51 bits per heavy atom. The van der Waals surface area contributed by atoms with Gasteiger partial charge in [-0.2, -0.15) is 0 Å². The van der Waals surface area contributed by atoms with Gasteiger partial charge in [0.15, 0.2) is 0 Å². The van der Waals surface area contributed by atoms with Gasteiger partial charge in [-0.15, -0.1) is 0 Å². The molecule has 0 bridgehead atoms. The first-order valence-corrected chi connectivity index (χ1v) is 14.6. The van der Waals surface area contributed by atoms with Gasteiger partial charge in [-0.25, -0.2) is 0 Å². The summed E-state index contributed by atoms with van der Waals surface area (Å²) < 4.78 is 95.8. The zero-order valence-corrected chi connectivity index (χ0v) is 23.8. The quantitative estimate of drug-likeness (QED) is 0.188. The minimum atomic E-state index is -0.471. The molecule has 0 fully saturated rings. The Morgan fingerprint density at radius 1 is 0.356 bits per heavy atom. The summed E-state index contributed by atoms with van der Waals surface area (Å²) in [4.78, 5) is 0. The maximum absolute atomic E-state index is 9.48. The van der Waals surface area contributed by atoms with Crippen LogP contribution in [-0.4, -0.2) is 0 Å². The van der Waals surface area contributed by atoms with Gasteiger partial charge in [-0.3, -0.25) is 0 Å².